The molecule has 86 valence electrons. The maximum absolute atomic E-state index is 12.9. The maximum Gasteiger partial charge on any atom is 0.586 e. The summed E-state index contributed by atoms with van der Waals surface area (Å²) in [5.41, 5.74) is 0.789. The van der Waals surface area contributed by atoms with Crippen molar-refractivity contribution in [3.8, 4) is 17.2 Å². The predicted octanol–water partition coefficient (Wildman–Crippen LogP) is 1.49. The number of hydrogen-bond donors (Lipinski definition) is 1. The monoisotopic (exact) mass is 229 g/mol. The first-order valence-electron chi connectivity index (χ1n) is 4.91. The molecule has 0 saturated carbocycles. The second-order valence-corrected chi connectivity index (χ2v) is 3.57. The predicted molar refractivity (Wildman–Crippen MR) is 49.8 cm³/mol. The minimum absolute atomic E-state index is 0.00815. The lowest BCUT2D eigenvalue weighted by Gasteiger charge is -2.09. The average molecular weight is 229 g/mol. The molecule has 0 spiro atoms. The minimum Gasteiger partial charge on any atom is -0.488 e. The highest BCUT2D eigenvalue weighted by Gasteiger charge is 2.45. The van der Waals surface area contributed by atoms with E-state index < -0.39 is 6.29 Å². The van der Waals surface area contributed by atoms with E-state index in [0.29, 0.717) is 25.4 Å². The zero-order chi connectivity index (χ0) is 11.2. The Morgan fingerprint density at radius 2 is 2.06 bits per heavy atom. The van der Waals surface area contributed by atoms with Gasteiger partial charge in [-0.3, -0.25) is 0 Å². The average Bonchev–Trinajstić information content (AvgIpc) is 2.44. The molecule has 3 rings (SSSR count). The van der Waals surface area contributed by atoms with Crippen LogP contribution in [0.1, 0.15) is 5.56 Å². The molecule has 2 aliphatic rings. The Kier molecular flexibility index (Phi) is 1.94. The van der Waals surface area contributed by atoms with E-state index in [-0.39, 0.29) is 11.5 Å². The molecule has 0 bridgehead atoms. The van der Waals surface area contributed by atoms with Gasteiger partial charge in [-0.1, -0.05) is 6.07 Å². The third-order valence-corrected chi connectivity index (χ3v) is 2.45. The van der Waals surface area contributed by atoms with Crippen molar-refractivity contribution in [1.82, 2.24) is 5.32 Å². The molecule has 4 nitrogen and oxygen atoms in total. The molecule has 2 heterocycles. The number of ether oxygens (including phenoxy) is 3. The van der Waals surface area contributed by atoms with Crippen LogP contribution in [0.4, 0.5) is 8.78 Å². The molecule has 0 fully saturated rings. The maximum atomic E-state index is 12.9. The third-order valence-electron chi connectivity index (χ3n) is 2.45. The van der Waals surface area contributed by atoms with Crippen molar-refractivity contribution in [2.75, 3.05) is 13.2 Å². The van der Waals surface area contributed by atoms with E-state index >= 15 is 0 Å². The van der Waals surface area contributed by atoms with Crippen LogP contribution in [0.2, 0.25) is 0 Å². The van der Waals surface area contributed by atoms with Gasteiger partial charge in [-0.05, 0) is 6.07 Å². The summed E-state index contributed by atoms with van der Waals surface area (Å²) < 4.78 is 40.0. The van der Waals surface area contributed by atoms with E-state index in [1.807, 2.05) is 0 Å². The second-order valence-electron chi connectivity index (χ2n) is 3.57. The SMILES string of the molecule is FC1(F)Oc2ccc3c(c2O1)OCCNC3. The van der Waals surface area contributed by atoms with E-state index in [9.17, 15) is 8.78 Å². The smallest absolute Gasteiger partial charge is 0.488 e. The van der Waals surface area contributed by atoms with Crippen molar-refractivity contribution in [2.24, 2.45) is 0 Å². The largest absolute Gasteiger partial charge is 0.586 e. The highest BCUT2D eigenvalue weighted by molar-refractivity contribution is 5.57. The molecule has 0 aromatic heterocycles. The van der Waals surface area contributed by atoms with Crippen molar-refractivity contribution in [1.29, 1.82) is 0 Å². The highest BCUT2D eigenvalue weighted by Crippen LogP contribution is 2.48. The Hall–Kier alpha value is -1.56. The first-order valence-corrected chi connectivity index (χ1v) is 4.91. The van der Waals surface area contributed by atoms with Crippen molar-refractivity contribution in [3.05, 3.63) is 17.7 Å². The van der Waals surface area contributed by atoms with Gasteiger partial charge >= 0.3 is 6.29 Å². The normalized spacial score (nSPS) is 20.9. The molecule has 0 saturated heterocycles. The number of hydrogen-bond acceptors (Lipinski definition) is 4. The molecule has 1 aromatic rings. The number of halogens is 2. The summed E-state index contributed by atoms with van der Waals surface area (Å²) in [5.74, 6) is 0.358. The Balaban J connectivity index is 2.07. The molecule has 0 unspecified atom stereocenters. The summed E-state index contributed by atoms with van der Waals surface area (Å²) in [6.45, 7) is 1.65. The number of rotatable bonds is 0. The molecule has 2 aliphatic heterocycles. The lowest BCUT2D eigenvalue weighted by atomic mass is 10.1. The molecule has 6 heteroatoms. The second kappa shape index (κ2) is 3.21. The van der Waals surface area contributed by atoms with Crippen LogP contribution in [0.15, 0.2) is 12.1 Å². The van der Waals surface area contributed by atoms with Gasteiger partial charge in [-0.25, -0.2) is 0 Å². The molecule has 16 heavy (non-hydrogen) atoms. The van der Waals surface area contributed by atoms with Crippen LogP contribution in [0, 0.1) is 0 Å². The Labute approximate surface area is 90.1 Å². The Morgan fingerprint density at radius 1 is 1.19 bits per heavy atom. The van der Waals surface area contributed by atoms with E-state index in [2.05, 4.69) is 14.8 Å². The van der Waals surface area contributed by atoms with Crippen LogP contribution in [0.5, 0.6) is 17.2 Å². The van der Waals surface area contributed by atoms with Crippen LogP contribution in [-0.4, -0.2) is 19.4 Å². The third kappa shape index (κ3) is 1.46. The van der Waals surface area contributed by atoms with Gasteiger partial charge in [-0.2, -0.15) is 0 Å². The Bertz CT molecular complexity index is 436. The van der Waals surface area contributed by atoms with Crippen LogP contribution < -0.4 is 19.5 Å². The van der Waals surface area contributed by atoms with E-state index in [1.54, 1.807) is 6.07 Å². The molecule has 1 aromatic carbocycles. The summed E-state index contributed by atoms with van der Waals surface area (Å²) in [6, 6.07) is 3.16. The fourth-order valence-electron chi connectivity index (χ4n) is 1.78. The fraction of sp³-hybridized carbons (Fsp3) is 0.400. The van der Waals surface area contributed by atoms with Gasteiger partial charge in [0, 0.05) is 18.7 Å². The van der Waals surface area contributed by atoms with E-state index in [0.717, 1.165) is 5.56 Å². The molecule has 1 N–H and O–H groups in total. The molecule has 0 amide bonds. The van der Waals surface area contributed by atoms with Gasteiger partial charge in [0.15, 0.2) is 11.5 Å². The standard InChI is InChI=1S/C10H9F2NO3/c11-10(12)15-7-2-1-6-5-13-3-4-14-8(6)9(7)16-10/h1-2,13H,3-5H2. The summed E-state index contributed by atoms with van der Waals surface area (Å²) in [4.78, 5) is 0. The summed E-state index contributed by atoms with van der Waals surface area (Å²) in [5, 5.41) is 3.11. The fourth-order valence-corrected chi connectivity index (χ4v) is 1.78. The topological polar surface area (TPSA) is 39.7 Å². The van der Waals surface area contributed by atoms with Gasteiger partial charge in [0.05, 0.1) is 0 Å². The van der Waals surface area contributed by atoms with E-state index in [1.165, 1.54) is 6.07 Å². The zero-order valence-corrected chi connectivity index (χ0v) is 8.26. The highest BCUT2D eigenvalue weighted by atomic mass is 19.3. The number of nitrogens with one attached hydrogen (secondary N) is 1. The van der Waals surface area contributed by atoms with Crippen LogP contribution in [0.3, 0.4) is 0 Å². The van der Waals surface area contributed by atoms with Crippen molar-refractivity contribution >= 4 is 0 Å². The van der Waals surface area contributed by atoms with E-state index in [4.69, 9.17) is 4.74 Å². The molecule has 0 atom stereocenters. The molecular weight excluding hydrogens is 220 g/mol. The van der Waals surface area contributed by atoms with Gasteiger partial charge in [0.2, 0.25) is 5.75 Å². The number of fused-ring (bicyclic) bond motifs is 3. The molecular formula is C10H9F2NO3. The van der Waals surface area contributed by atoms with Crippen LogP contribution >= 0.6 is 0 Å². The zero-order valence-electron chi connectivity index (χ0n) is 8.26. The quantitative estimate of drug-likeness (QED) is 0.731. The Morgan fingerprint density at radius 3 is 2.94 bits per heavy atom. The van der Waals surface area contributed by atoms with Gasteiger partial charge in [-0.15, -0.1) is 8.78 Å². The molecule has 0 radical (unpaired) electrons. The number of alkyl halides is 2. The van der Waals surface area contributed by atoms with Crippen molar-refractivity contribution < 1.29 is 23.0 Å². The van der Waals surface area contributed by atoms with Crippen molar-refractivity contribution in [3.63, 3.8) is 0 Å². The first kappa shape index (κ1) is 9.65. The summed E-state index contributed by atoms with van der Waals surface area (Å²) in [6.07, 6.45) is -3.60. The van der Waals surface area contributed by atoms with Gasteiger partial charge in [0.1, 0.15) is 6.61 Å². The van der Waals surface area contributed by atoms with Crippen LogP contribution in [0.25, 0.3) is 0 Å². The lowest BCUT2D eigenvalue weighted by Crippen LogP contribution is -2.26. The summed E-state index contributed by atoms with van der Waals surface area (Å²) in [7, 11) is 0. The van der Waals surface area contributed by atoms with Crippen molar-refractivity contribution in [2.45, 2.75) is 12.8 Å². The number of benzene rings is 1. The molecule has 0 aliphatic carbocycles. The lowest BCUT2D eigenvalue weighted by molar-refractivity contribution is -0.287. The minimum atomic E-state index is -3.60. The van der Waals surface area contributed by atoms with Gasteiger partial charge in [0.25, 0.3) is 0 Å². The first-order chi connectivity index (χ1) is 7.66. The van der Waals surface area contributed by atoms with Gasteiger partial charge < -0.3 is 19.5 Å². The summed E-state index contributed by atoms with van der Waals surface area (Å²) >= 11 is 0. The van der Waals surface area contributed by atoms with Crippen LogP contribution in [-0.2, 0) is 6.54 Å².